The molecule has 54 valence electrons. The molecule has 0 saturated carbocycles. The summed E-state index contributed by atoms with van der Waals surface area (Å²) in [6, 6.07) is 0. The third-order valence-corrected chi connectivity index (χ3v) is 2.74. The van der Waals surface area contributed by atoms with E-state index in [1.54, 1.807) is 10.8 Å². The Bertz CT molecular complexity index is 246. The Hall–Kier alpha value is -0.220. The summed E-state index contributed by atoms with van der Waals surface area (Å²) in [5, 5.41) is 3.38. The summed E-state index contributed by atoms with van der Waals surface area (Å²) in [6.07, 6.45) is 0. The van der Waals surface area contributed by atoms with Gasteiger partial charge in [0.15, 0.2) is 12.5 Å². The quantitative estimate of drug-likeness (QED) is 0.704. The highest BCUT2D eigenvalue weighted by Crippen LogP contribution is 2.21. The van der Waals surface area contributed by atoms with Crippen molar-refractivity contribution >= 4 is 33.0 Å². The van der Waals surface area contributed by atoms with Crippen molar-refractivity contribution in [2.75, 3.05) is 6.67 Å². The van der Waals surface area contributed by atoms with E-state index in [2.05, 4.69) is 15.9 Å². The average molecular weight is 223 g/mol. The van der Waals surface area contributed by atoms with Crippen molar-refractivity contribution in [1.82, 2.24) is 0 Å². The molecule has 0 aliphatic carbocycles. The van der Waals surface area contributed by atoms with Crippen LogP contribution in [0.15, 0.2) is 15.2 Å². The summed E-state index contributed by atoms with van der Waals surface area (Å²) in [5.74, 6) is -0.465. The zero-order valence-corrected chi connectivity index (χ0v) is 7.34. The molecule has 1 rings (SSSR count). The molecule has 0 radical (unpaired) electrons. The van der Waals surface area contributed by atoms with E-state index in [0.29, 0.717) is 10.0 Å². The molecule has 0 aliphatic heterocycles. The number of halogens is 2. The second kappa shape index (κ2) is 3.25. The minimum atomic E-state index is -0.921. The Kier molecular flexibility index (Phi) is 2.56. The normalized spacial score (nSPS) is 9.80. The van der Waals surface area contributed by atoms with Crippen molar-refractivity contribution in [2.45, 2.75) is 0 Å². The van der Waals surface area contributed by atoms with Crippen molar-refractivity contribution in [3.63, 3.8) is 0 Å². The van der Waals surface area contributed by atoms with Gasteiger partial charge in [-0.3, -0.25) is 4.79 Å². The third kappa shape index (κ3) is 1.44. The van der Waals surface area contributed by atoms with Crippen molar-refractivity contribution in [1.29, 1.82) is 0 Å². The Morgan fingerprint density at radius 1 is 1.70 bits per heavy atom. The molecule has 0 saturated heterocycles. The lowest BCUT2D eigenvalue weighted by Crippen LogP contribution is -1.98. The maximum atomic E-state index is 11.8. The summed E-state index contributed by atoms with van der Waals surface area (Å²) in [4.78, 5) is 10.7. The van der Waals surface area contributed by atoms with Gasteiger partial charge in [-0.2, -0.15) is 11.3 Å². The molecule has 0 unspecified atom stereocenters. The zero-order valence-electron chi connectivity index (χ0n) is 4.93. The van der Waals surface area contributed by atoms with E-state index in [0.717, 1.165) is 0 Å². The predicted octanol–water partition coefficient (Wildman–Crippen LogP) is 2.66. The summed E-state index contributed by atoms with van der Waals surface area (Å²) in [6.45, 7) is -0.921. The summed E-state index contributed by atoms with van der Waals surface area (Å²) < 4.78 is 12.4. The van der Waals surface area contributed by atoms with E-state index in [1.807, 2.05) is 0 Å². The fourth-order valence-corrected chi connectivity index (χ4v) is 2.07. The van der Waals surface area contributed by atoms with Gasteiger partial charge in [0.25, 0.3) is 0 Å². The Morgan fingerprint density at radius 2 is 2.40 bits per heavy atom. The van der Waals surface area contributed by atoms with Crippen molar-refractivity contribution < 1.29 is 9.18 Å². The van der Waals surface area contributed by atoms with Crippen LogP contribution in [-0.2, 0) is 0 Å². The number of alkyl halides is 1. The number of thiophene rings is 1. The summed E-state index contributed by atoms with van der Waals surface area (Å²) in [5.41, 5.74) is 0.438. The van der Waals surface area contributed by atoms with E-state index < -0.39 is 12.5 Å². The van der Waals surface area contributed by atoms with E-state index in [9.17, 15) is 9.18 Å². The Balaban J connectivity index is 2.93. The molecule has 0 atom stereocenters. The molecule has 4 heteroatoms. The van der Waals surface area contributed by atoms with Gasteiger partial charge in [-0.25, -0.2) is 4.39 Å². The van der Waals surface area contributed by atoms with Crippen molar-refractivity contribution in [2.24, 2.45) is 0 Å². The van der Waals surface area contributed by atoms with Crippen LogP contribution in [0.5, 0.6) is 0 Å². The maximum absolute atomic E-state index is 11.8. The monoisotopic (exact) mass is 222 g/mol. The average Bonchev–Trinajstić information content (AvgIpc) is 2.34. The highest BCUT2D eigenvalue weighted by Gasteiger charge is 2.09. The number of hydrogen-bond donors (Lipinski definition) is 0. The smallest absolute Gasteiger partial charge is 0.195 e. The highest BCUT2D eigenvalue weighted by molar-refractivity contribution is 9.10. The third-order valence-electron chi connectivity index (χ3n) is 1.04. The number of carbonyl (C=O) groups excluding carboxylic acids is 1. The SMILES string of the molecule is O=C(CF)c1cscc1Br. The molecule has 0 amide bonds. The fourth-order valence-electron chi connectivity index (χ4n) is 0.552. The highest BCUT2D eigenvalue weighted by atomic mass is 79.9. The van der Waals surface area contributed by atoms with Gasteiger partial charge in [0.05, 0.1) is 0 Å². The van der Waals surface area contributed by atoms with Gasteiger partial charge in [-0.05, 0) is 15.9 Å². The molecule has 1 nitrogen and oxygen atoms in total. The maximum Gasteiger partial charge on any atom is 0.195 e. The zero-order chi connectivity index (χ0) is 7.56. The van der Waals surface area contributed by atoms with E-state index in [4.69, 9.17) is 0 Å². The minimum Gasteiger partial charge on any atom is -0.291 e. The van der Waals surface area contributed by atoms with Gasteiger partial charge in [-0.1, -0.05) is 0 Å². The van der Waals surface area contributed by atoms with Gasteiger partial charge in [0.2, 0.25) is 0 Å². The molecule has 0 spiro atoms. The topological polar surface area (TPSA) is 17.1 Å². The first-order valence-electron chi connectivity index (χ1n) is 2.56. The minimum absolute atomic E-state index is 0.438. The van der Waals surface area contributed by atoms with Gasteiger partial charge in [-0.15, -0.1) is 0 Å². The molecule has 0 bridgehead atoms. The van der Waals surface area contributed by atoms with Crippen LogP contribution in [0.2, 0.25) is 0 Å². The number of hydrogen-bond acceptors (Lipinski definition) is 2. The molecule has 1 aromatic rings. The molecule has 0 aliphatic rings. The predicted molar refractivity (Wildman–Crippen MR) is 42.3 cm³/mol. The fraction of sp³-hybridized carbons (Fsp3) is 0.167. The first kappa shape index (κ1) is 7.88. The number of ketones is 1. The van der Waals surface area contributed by atoms with Crippen LogP contribution in [0.25, 0.3) is 0 Å². The van der Waals surface area contributed by atoms with Gasteiger partial charge >= 0.3 is 0 Å². The van der Waals surface area contributed by atoms with Crippen LogP contribution >= 0.6 is 27.3 Å². The molecular formula is C6H4BrFOS. The first-order chi connectivity index (χ1) is 4.75. The Morgan fingerprint density at radius 3 is 2.80 bits per heavy atom. The van der Waals surface area contributed by atoms with E-state index in [-0.39, 0.29) is 0 Å². The lowest BCUT2D eigenvalue weighted by atomic mass is 10.2. The van der Waals surface area contributed by atoms with Crippen LogP contribution in [-0.4, -0.2) is 12.5 Å². The van der Waals surface area contributed by atoms with Crippen LogP contribution in [0.4, 0.5) is 4.39 Å². The molecule has 0 N–H and O–H groups in total. The van der Waals surface area contributed by atoms with Crippen LogP contribution in [0.3, 0.4) is 0 Å². The van der Waals surface area contributed by atoms with Gasteiger partial charge in [0.1, 0.15) is 0 Å². The molecule has 0 fully saturated rings. The summed E-state index contributed by atoms with van der Waals surface area (Å²) in [7, 11) is 0. The molecule has 1 heterocycles. The van der Waals surface area contributed by atoms with Crippen molar-refractivity contribution in [3.05, 3.63) is 20.8 Å². The summed E-state index contributed by atoms with van der Waals surface area (Å²) >= 11 is 4.51. The molecule has 1 aromatic heterocycles. The number of Topliss-reactive ketones (excluding diaryl/α,β-unsaturated/α-hetero) is 1. The Labute approximate surface area is 70.0 Å². The van der Waals surface area contributed by atoms with Crippen LogP contribution in [0.1, 0.15) is 10.4 Å². The second-order valence-corrected chi connectivity index (χ2v) is 3.29. The van der Waals surface area contributed by atoms with Gasteiger partial charge < -0.3 is 0 Å². The second-order valence-electron chi connectivity index (χ2n) is 1.69. The van der Waals surface area contributed by atoms with Gasteiger partial charge in [0, 0.05) is 20.8 Å². The molecular weight excluding hydrogens is 219 g/mol. The number of rotatable bonds is 2. The number of carbonyl (C=O) groups is 1. The van der Waals surface area contributed by atoms with Crippen LogP contribution in [0, 0.1) is 0 Å². The molecule has 0 aromatic carbocycles. The largest absolute Gasteiger partial charge is 0.291 e. The van der Waals surface area contributed by atoms with Crippen molar-refractivity contribution in [3.8, 4) is 0 Å². The molecule has 10 heavy (non-hydrogen) atoms. The first-order valence-corrected chi connectivity index (χ1v) is 4.30. The van der Waals surface area contributed by atoms with E-state index in [1.165, 1.54) is 11.3 Å². The van der Waals surface area contributed by atoms with Crippen LogP contribution < -0.4 is 0 Å². The van der Waals surface area contributed by atoms with E-state index >= 15 is 0 Å². The standard InChI is InChI=1S/C6H4BrFOS/c7-5-3-10-2-4(5)6(9)1-8/h2-3H,1H2. The lowest BCUT2D eigenvalue weighted by molar-refractivity contribution is 0.0958. The lowest BCUT2D eigenvalue weighted by Gasteiger charge is -1.89.